The fraction of sp³-hybridized carbons (Fsp3) is 0.182. The fourth-order valence-electron chi connectivity index (χ4n) is 2.66. The Kier molecular flexibility index (Phi) is 6.89. The SMILES string of the molecule is COc1ccccc1CCC(=O)NNC(=O)c1ccc(COc2ccccc2)o1. The van der Waals surface area contributed by atoms with E-state index >= 15 is 0 Å². The van der Waals surface area contributed by atoms with Crippen molar-refractivity contribution >= 4 is 11.8 Å². The molecule has 2 N–H and O–H groups in total. The molecular weight excluding hydrogens is 372 g/mol. The Balaban J connectivity index is 1.43. The van der Waals surface area contributed by atoms with E-state index in [0.29, 0.717) is 17.9 Å². The first kappa shape index (κ1) is 20.0. The number of carbonyl (C=O) groups excluding carboxylic acids is 2. The highest BCUT2D eigenvalue weighted by molar-refractivity contribution is 5.92. The molecule has 0 aliphatic carbocycles. The van der Waals surface area contributed by atoms with Gasteiger partial charge in [-0.25, -0.2) is 0 Å². The van der Waals surface area contributed by atoms with Gasteiger partial charge in [-0.1, -0.05) is 36.4 Å². The number of nitrogens with one attached hydrogen (secondary N) is 2. The molecule has 7 nitrogen and oxygen atoms in total. The van der Waals surface area contributed by atoms with Gasteiger partial charge in [-0.15, -0.1) is 0 Å². The van der Waals surface area contributed by atoms with Crippen molar-refractivity contribution in [3.8, 4) is 11.5 Å². The summed E-state index contributed by atoms with van der Waals surface area (Å²) < 4.78 is 16.3. The summed E-state index contributed by atoms with van der Waals surface area (Å²) in [6, 6.07) is 20.0. The predicted molar refractivity (Wildman–Crippen MR) is 106 cm³/mol. The number of hydrogen-bond donors (Lipinski definition) is 2. The second-order valence-corrected chi connectivity index (χ2v) is 6.18. The monoisotopic (exact) mass is 394 g/mol. The number of aryl methyl sites for hydroxylation is 1. The van der Waals surface area contributed by atoms with Crippen molar-refractivity contribution < 1.29 is 23.5 Å². The van der Waals surface area contributed by atoms with Crippen LogP contribution in [0.2, 0.25) is 0 Å². The van der Waals surface area contributed by atoms with Gasteiger partial charge in [0, 0.05) is 6.42 Å². The molecule has 3 rings (SSSR count). The van der Waals surface area contributed by atoms with Gasteiger partial charge in [0.15, 0.2) is 5.76 Å². The van der Waals surface area contributed by atoms with Crippen molar-refractivity contribution in [3.05, 3.63) is 83.8 Å². The average molecular weight is 394 g/mol. The number of hydrazine groups is 1. The van der Waals surface area contributed by atoms with Crippen LogP contribution in [0.4, 0.5) is 0 Å². The van der Waals surface area contributed by atoms with Gasteiger partial charge in [-0.2, -0.15) is 0 Å². The van der Waals surface area contributed by atoms with Crippen molar-refractivity contribution in [2.45, 2.75) is 19.4 Å². The standard InChI is InChI=1S/C22H22N2O5/c1-27-19-10-6-5-7-16(19)11-14-21(25)23-24-22(26)20-13-12-18(29-20)15-28-17-8-3-2-4-9-17/h2-10,12-13H,11,14-15H2,1H3,(H,23,25)(H,24,26). The van der Waals surface area contributed by atoms with Crippen LogP contribution in [0.15, 0.2) is 71.1 Å². The van der Waals surface area contributed by atoms with Gasteiger partial charge in [0.2, 0.25) is 5.91 Å². The van der Waals surface area contributed by atoms with Crippen LogP contribution in [0, 0.1) is 0 Å². The largest absolute Gasteiger partial charge is 0.496 e. The molecule has 3 aromatic rings. The first-order valence-corrected chi connectivity index (χ1v) is 9.13. The minimum Gasteiger partial charge on any atom is -0.496 e. The van der Waals surface area contributed by atoms with Gasteiger partial charge in [-0.05, 0) is 42.3 Å². The van der Waals surface area contributed by atoms with Gasteiger partial charge in [0.1, 0.15) is 23.9 Å². The zero-order valence-corrected chi connectivity index (χ0v) is 16.0. The second-order valence-electron chi connectivity index (χ2n) is 6.18. The topological polar surface area (TPSA) is 89.8 Å². The molecule has 0 saturated carbocycles. The molecule has 29 heavy (non-hydrogen) atoms. The minimum atomic E-state index is -0.540. The van der Waals surface area contributed by atoms with Crippen molar-refractivity contribution in [2.24, 2.45) is 0 Å². The van der Waals surface area contributed by atoms with Crippen molar-refractivity contribution in [1.82, 2.24) is 10.9 Å². The molecule has 0 fully saturated rings. The van der Waals surface area contributed by atoms with E-state index in [4.69, 9.17) is 13.9 Å². The lowest BCUT2D eigenvalue weighted by atomic mass is 10.1. The number of methoxy groups -OCH3 is 1. The summed E-state index contributed by atoms with van der Waals surface area (Å²) in [5.41, 5.74) is 5.65. The zero-order chi connectivity index (χ0) is 20.5. The third-order valence-electron chi connectivity index (χ3n) is 4.14. The number of rotatable bonds is 8. The van der Waals surface area contributed by atoms with Crippen molar-refractivity contribution in [1.29, 1.82) is 0 Å². The zero-order valence-electron chi connectivity index (χ0n) is 16.0. The number of hydrogen-bond acceptors (Lipinski definition) is 5. The van der Waals surface area contributed by atoms with Crippen LogP contribution >= 0.6 is 0 Å². The molecular formula is C22H22N2O5. The van der Waals surface area contributed by atoms with Gasteiger partial charge < -0.3 is 13.9 Å². The maximum Gasteiger partial charge on any atom is 0.305 e. The predicted octanol–water partition coefficient (Wildman–Crippen LogP) is 3.26. The third kappa shape index (κ3) is 5.87. The normalized spacial score (nSPS) is 10.2. The summed E-state index contributed by atoms with van der Waals surface area (Å²) in [5.74, 6) is 1.16. The number of amides is 2. The molecule has 0 atom stereocenters. The molecule has 0 unspecified atom stereocenters. The maximum absolute atomic E-state index is 12.1. The van der Waals surface area contributed by atoms with Crippen LogP contribution in [-0.4, -0.2) is 18.9 Å². The smallest absolute Gasteiger partial charge is 0.305 e. The van der Waals surface area contributed by atoms with Gasteiger partial charge >= 0.3 is 5.91 Å². The molecule has 0 aliphatic rings. The summed E-state index contributed by atoms with van der Waals surface area (Å²) in [5, 5.41) is 0. The lowest BCUT2D eigenvalue weighted by Gasteiger charge is -2.09. The Morgan fingerprint density at radius 3 is 2.48 bits per heavy atom. The molecule has 7 heteroatoms. The number of benzene rings is 2. The molecule has 0 bridgehead atoms. The number of para-hydroxylation sites is 2. The average Bonchev–Trinajstić information content (AvgIpc) is 3.24. The van der Waals surface area contributed by atoms with E-state index in [0.717, 1.165) is 11.3 Å². The summed E-state index contributed by atoms with van der Waals surface area (Å²) in [6.45, 7) is 0.197. The molecule has 0 spiro atoms. The lowest BCUT2D eigenvalue weighted by Crippen LogP contribution is -2.41. The highest BCUT2D eigenvalue weighted by atomic mass is 16.5. The first-order chi connectivity index (χ1) is 14.2. The number of ether oxygens (including phenoxy) is 2. The van der Waals surface area contributed by atoms with E-state index in [9.17, 15) is 9.59 Å². The lowest BCUT2D eigenvalue weighted by molar-refractivity contribution is -0.121. The van der Waals surface area contributed by atoms with Crippen molar-refractivity contribution in [2.75, 3.05) is 7.11 Å². The van der Waals surface area contributed by atoms with E-state index in [1.807, 2.05) is 54.6 Å². The minimum absolute atomic E-state index is 0.0849. The van der Waals surface area contributed by atoms with Crippen LogP contribution in [0.1, 0.15) is 28.3 Å². The van der Waals surface area contributed by atoms with Crippen LogP contribution in [-0.2, 0) is 17.8 Å². The maximum atomic E-state index is 12.1. The Morgan fingerprint density at radius 2 is 1.69 bits per heavy atom. The Bertz CT molecular complexity index is 953. The van der Waals surface area contributed by atoms with E-state index in [1.54, 1.807) is 13.2 Å². The number of carbonyl (C=O) groups is 2. The summed E-state index contributed by atoms with van der Waals surface area (Å²) >= 11 is 0. The van der Waals surface area contributed by atoms with E-state index in [2.05, 4.69) is 10.9 Å². The van der Waals surface area contributed by atoms with Crippen LogP contribution in [0.5, 0.6) is 11.5 Å². The van der Waals surface area contributed by atoms with E-state index < -0.39 is 5.91 Å². The van der Waals surface area contributed by atoms with Crippen LogP contribution in [0.3, 0.4) is 0 Å². The Morgan fingerprint density at radius 1 is 0.931 bits per heavy atom. The third-order valence-corrected chi connectivity index (χ3v) is 4.14. The quantitative estimate of drug-likeness (QED) is 0.573. The molecule has 150 valence electrons. The van der Waals surface area contributed by atoms with Gasteiger partial charge in [-0.3, -0.25) is 20.4 Å². The highest BCUT2D eigenvalue weighted by Gasteiger charge is 2.13. The van der Waals surface area contributed by atoms with Gasteiger partial charge in [0.05, 0.1) is 7.11 Å². The molecule has 2 aromatic carbocycles. The van der Waals surface area contributed by atoms with Crippen molar-refractivity contribution in [3.63, 3.8) is 0 Å². The van der Waals surface area contributed by atoms with Crippen LogP contribution in [0.25, 0.3) is 0 Å². The van der Waals surface area contributed by atoms with Gasteiger partial charge in [0.25, 0.3) is 0 Å². The second kappa shape index (κ2) is 9.98. The van der Waals surface area contributed by atoms with E-state index in [-0.39, 0.29) is 24.7 Å². The van der Waals surface area contributed by atoms with E-state index in [1.165, 1.54) is 6.07 Å². The Labute approximate surface area is 168 Å². The molecule has 0 saturated heterocycles. The molecule has 2 amide bonds. The first-order valence-electron chi connectivity index (χ1n) is 9.13. The van der Waals surface area contributed by atoms with Crippen LogP contribution < -0.4 is 20.3 Å². The summed E-state index contributed by atoms with van der Waals surface area (Å²) in [4.78, 5) is 24.1. The molecule has 0 radical (unpaired) electrons. The summed E-state index contributed by atoms with van der Waals surface area (Å²) in [6.07, 6.45) is 0.697. The fourth-order valence-corrected chi connectivity index (χ4v) is 2.66. The molecule has 1 aromatic heterocycles. The molecule has 1 heterocycles. The molecule has 0 aliphatic heterocycles. The number of furan rings is 1. The Hall–Kier alpha value is -3.74. The summed E-state index contributed by atoms with van der Waals surface area (Å²) in [7, 11) is 1.58. The highest BCUT2D eigenvalue weighted by Crippen LogP contribution is 2.18.